The number of carbonyl (C=O) groups excluding carboxylic acids is 1. The topological polar surface area (TPSA) is 105 Å². The number of nitrogens with two attached hydrogens (primary N) is 1. The Morgan fingerprint density at radius 1 is 0.894 bits per heavy atom. The summed E-state index contributed by atoms with van der Waals surface area (Å²) in [5.74, 6) is 0.332. The van der Waals surface area contributed by atoms with E-state index in [1.54, 1.807) is 30.3 Å². The molecule has 254 valence electrons. The third kappa shape index (κ3) is 10.6. The zero-order valence-electron chi connectivity index (χ0n) is 28.7. The number of nitro groups is 1. The first-order chi connectivity index (χ1) is 22.7. The minimum absolute atomic E-state index is 0.0989. The summed E-state index contributed by atoms with van der Waals surface area (Å²) in [4.78, 5) is 24.6. The Labute approximate surface area is 281 Å². The fraction of sp³-hybridized carbons (Fsp3) is 0.525. The summed E-state index contributed by atoms with van der Waals surface area (Å²) in [7, 11) is 0. The number of hydrogen-bond acceptors (Lipinski definition) is 6. The van der Waals surface area contributed by atoms with E-state index in [1.165, 1.54) is 82.3 Å². The summed E-state index contributed by atoms with van der Waals surface area (Å²) in [6, 6.07) is 17.5. The average Bonchev–Trinajstić information content (AvgIpc) is 3.08. The van der Waals surface area contributed by atoms with Crippen LogP contribution >= 0.6 is 0 Å². The van der Waals surface area contributed by atoms with Gasteiger partial charge in [-0.05, 0) is 98.7 Å². The number of ether oxygens (including phenoxy) is 2. The van der Waals surface area contributed by atoms with Crippen LogP contribution in [0.3, 0.4) is 0 Å². The molecule has 0 amide bonds. The van der Waals surface area contributed by atoms with E-state index in [1.807, 2.05) is 19.1 Å². The van der Waals surface area contributed by atoms with Crippen molar-refractivity contribution in [2.24, 2.45) is 5.41 Å². The summed E-state index contributed by atoms with van der Waals surface area (Å²) in [6.45, 7) is 6.40. The van der Waals surface area contributed by atoms with E-state index >= 15 is 0 Å². The first-order valence-electron chi connectivity index (χ1n) is 17.9. The maximum Gasteiger partial charge on any atom is 0.343 e. The van der Waals surface area contributed by atoms with Crippen LogP contribution in [0, 0.1) is 15.5 Å². The largest absolute Gasteiger partial charge is 0.488 e. The first-order valence-corrected chi connectivity index (χ1v) is 17.9. The van der Waals surface area contributed by atoms with Crippen LogP contribution in [-0.4, -0.2) is 17.0 Å². The van der Waals surface area contributed by atoms with Crippen LogP contribution in [0.4, 0.5) is 11.4 Å². The molecule has 0 radical (unpaired) electrons. The van der Waals surface area contributed by atoms with E-state index in [4.69, 9.17) is 15.2 Å². The van der Waals surface area contributed by atoms with Gasteiger partial charge in [-0.25, -0.2) is 4.79 Å². The van der Waals surface area contributed by atoms with Crippen molar-refractivity contribution in [3.8, 4) is 22.6 Å². The summed E-state index contributed by atoms with van der Waals surface area (Å²) in [5.41, 5.74) is 9.59. The number of nitro benzene ring substituents is 1. The summed E-state index contributed by atoms with van der Waals surface area (Å²) in [5, 5.41) is 12.0. The molecule has 0 bridgehead atoms. The monoisotopic (exact) mass is 642 g/mol. The van der Waals surface area contributed by atoms with E-state index in [0.717, 1.165) is 32.1 Å². The van der Waals surface area contributed by atoms with E-state index in [9.17, 15) is 14.9 Å². The molecule has 2 N–H and O–H groups in total. The van der Waals surface area contributed by atoms with E-state index in [-0.39, 0.29) is 11.8 Å². The van der Waals surface area contributed by atoms with Crippen molar-refractivity contribution in [3.05, 3.63) is 81.9 Å². The molecule has 4 rings (SSSR count). The predicted molar refractivity (Wildman–Crippen MR) is 191 cm³/mol. The van der Waals surface area contributed by atoms with Crippen LogP contribution in [0.1, 0.15) is 133 Å². The smallest absolute Gasteiger partial charge is 0.343 e. The quantitative estimate of drug-likeness (QED) is 0.0370. The van der Waals surface area contributed by atoms with Gasteiger partial charge in [0.2, 0.25) is 0 Å². The molecule has 1 fully saturated rings. The first kappa shape index (κ1) is 36.0. The highest BCUT2D eigenvalue weighted by Crippen LogP contribution is 2.44. The highest BCUT2D eigenvalue weighted by Gasteiger charge is 2.31. The molecular formula is C40H54N2O5. The normalized spacial score (nSPS) is 14.8. The van der Waals surface area contributed by atoms with Crippen LogP contribution in [-0.2, 0) is 6.42 Å². The molecule has 1 unspecified atom stereocenters. The number of unbranched alkanes of at least 4 members (excludes halogenated alkanes) is 5. The number of rotatable bonds is 18. The summed E-state index contributed by atoms with van der Waals surface area (Å²) in [6.07, 6.45) is 19.6. The van der Waals surface area contributed by atoms with Gasteiger partial charge in [0.15, 0.2) is 0 Å². The van der Waals surface area contributed by atoms with Crippen molar-refractivity contribution >= 4 is 17.3 Å². The highest BCUT2D eigenvalue weighted by molar-refractivity contribution is 5.92. The fourth-order valence-corrected chi connectivity index (χ4v) is 6.97. The molecule has 3 aromatic rings. The predicted octanol–water partition coefficient (Wildman–Crippen LogP) is 11.3. The Balaban J connectivity index is 1.36. The molecule has 1 atom stereocenters. The molecule has 0 spiro atoms. The van der Waals surface area contributed by atoms with Crippen LogP contribution in [0.2, 0.25) is 0 Å². The fourth-order valence-electron chi connectivity index (χ4n) is 6.97. The number of benzene rings is 3. The summed E-state index contributed by atoms with van der Waals surface area (Å²) < 4.78 is 11.7. The molecule has 0 saturated heterocycles. The maximum absolute atomic E-state index is 13.0. The second kappa shape index (κ2) is 17.9. The minimum Gasteiger partial charge on any atom is -0.488 e. The molecular weight excluding hydrogens is 588 g/mol. The van der Waals surface area contributed by atoms with Crippen molar-refractivity contribution in [2.45, 2.75) is 130 Å². The second-order valence-electron chi connectivity index (χ2n) is 13.6. The van der Waals surface area contributed by atoms with E-state index in [0.29, 0.717) is 39.3 Å². The Bertz CT molecular complexity index is 1430. The number of anilines is 1. The van der Waals surface area contributed by atoms with Crippen molar-refractivity contribution < 1.29 is 19.2 Å². The Hall–Kier alpha value is -3.87. The molecule has 1 aliphatic rings. The zero-order chi connectivity index (χ0) is 33.6. The number of carbonyl (C=O) groups is 1. The lowest BCUT2D eigenvalue weighted by molar-refractivity contribution is -0.384. The molecule has 7 nitrogen and oxygen atoms in total. The molecule has 7 heteroatoms. The molecule has 0 heterocycles. The second-order valence-corrected chi connectivity index (χ2v) is 13.6. The van der Waals surface area contributed by atoms with Gasteiger partial charge in [-0.2, -0.15) is 0 Å². The van der Waals surface area contributed by atoms with Crippen molar-refractivity contribution in [3.63, 3.8) is 0 Å². The lowest BCUT2D eigenvalue weighted by Crippen LogP contribution is -2.25. The highest BCUT2D eigenvalue weighted by atomic mass is 16.6. The van der Waals surface area contributed by atoms with Crippen molar-refractivity contribution in [2.75, 3.05) is 5.73 Å². The molecule has 0 aliphatic heterocycles. The summed E-state index contributed by atoms with van der Waals surface area (Å²) >= 11 is 0. The standard InChI is InChI=1S/C40H54N2O5/c1-4-6-8-10-14-30(3)46-38-29-37(42(44)45)35(28-36(38)41)32-17-19-33(20-18-32)39(43)47-34-21-15-31(16-22-34)23-27-40(24-11-7-5-2)25-12-9-13-26-40/h15-22,28-30H,4-14,23-27,41H2,1-3H3. The number of esters is 1. The number of hydrogen-bond donors (Lipinski definition) is 1. The molecule has 1 aliphatic carbocycles. The minimum atomic E-state index is -0.480. The average molecular weight is 643 g/mol. The molecule has 3 aromatic carbocycles. The van der Waals surface area contributed by atoms with Gasteiger partial charge < -0.3 is 15.2 Å². The van der Waals surface area contributed by atoms with Gasteiger partial charge in [0, 0.05) is 0 Å². The van der Waals surface area contributed by atoms with Gasteiger partial charge in [-0.15, -0.1) is 0 Å². The van der Waals surface area contributed by atoms with Crippen LogP contribution in [0.25, 0.3) is 11.1 Å². The van der Waals surface area contributed by atoms with Crippen molar-refractivity contribution in [1.82, 2.24) is 0 Å². The molecule has 0 aromatic heterocycles. The van der Waals surface area contributed by atoms with Crippen LogP contribution < -0.4 is 15.2 Å². The van der Waals surface area contributed by atoms with Gasteiger partial charge in [-0.3, -0.25) is 10.1 Å². The van der Waals surface area contributed by atoms with Crippen LogP contribution in [0.5, 0.6) is 11.5 Å². The van der Waals surface area contributed by atoms with Crippen molar-refractivity contribution in [1.29, 1.82) is 0 Å². The zero-order valence-corrected chi connectivity index (χ0v) is 28.7. The Morgan fingerprint density at radius 2 is 1.57 bits per heavy atom. The maximum atomic E-state index is 13.0. The SMILES string of the molecule is CCCCCCC(C)Oc1cc([N+](=O)[O-])c(-c2ccc(C(=O)Oc3ccc(CCC4(CCCCC)CCCCC4)cc3)cc2)cc1N. The Morgan fingerprint density at radius 3 is 2.23 bits per heavy atom. The van der Waals surface area contributed by atoms with Gasteiger partial charge in [0.1, 0.15) is 11.5 Å². The number of aryl methyl sites for hydroxylation is 1. The van der Waals surface area contributed by atoms with E-state index in [2.05, 4.69) is 26.0 Å². The third-order valence-electron chi connectivity index (χ3n) is 9.85. The lowest BCUT2D eigenvalue weighted by Gasteiger charge is -2.38. The molecule has 1 saturated carbocycles. The Kier molecular flexibility index (Phi) is 13.7. The van der Waals surface area contributed by atoms with Gasteiger partial charge >= 0.3 is 5.97 Å². The van der Waals surface area contributed by atoms with Crippen LogP contribution in [0.15, 0.2) is 60.7 Å². The van der Waals surface area contributed by atoms with Gasteiger partial charge in [0.05, 0.1) is 33.9 Å². The number of nitrogen functional groups attached to an aromatic ring is 1. The third-order valence-corrected chi connectivity index (χ3v) is 9.85. The van der Waals surface area contributed by atoms with E-state index < -0.39 is 10.9 Å². The number of nitrogens with zero attached hydrogens (tertiary/aromatic N) is 1. The van der Waals surface area contributed by atoms with Gasteiger partial charge in [0.25, 0.3) is 5.69 Å². The molecule has 47 heavy (non-hydrogen) atoms. The van der Waals surface area contributed by atoms with Gasteiger partial charge in [-0.1, -0.05) is 95.9 Å². The lowest BCUT2D eigenvalue weighted by atomic mass is 9.68.